The predicted octanol–water partition coefficient (Wildman–Crippen LogP) is 8.25. The summed E-state index contributed by atoms with van der Waals surface area (Å²) in [6, 6.07) is 9.35. The van der Waals surface area contributed by atoms with Crippen molar-refractivity contribution in [2.75, 3.05) is 11.5 Å². The lowest BCUT2D eigenvalue weighted by Crippen LogP contribution is -2.75. The standard InChI is InChI=1S/C14H21S.C8HF17O3S/c1-14(2,3)12-6-8-13(9-7-12)15-10-4-5-11-15;9-1(10,3(13,14)5(17,18)7(21,22)23)2(11,12)4(15,16)6(19,20)8(24,25)29(26,27)28/h6-9H,4-5,10-11H2,1-3H3;(H,26,27,28)/q+1;/p-1. The van der Waals surface area contributed by atoms with E-state index in [1.807, 2.05) is 0 Å². The monoisotopic (exact) mass is 720 g/mol. The second-order valence-electron chi connectivity index (χ2n) is 10.3. The lowest BCUT2D eigenvalue weighted by molar-refractivity contribution is -0.458. The smallest absolute Gasteiger partial charge is 0.460 e. The number of halogens is 17. The summed E-state index contributed by atoms with van der Waals surface area (Å²) < 4.78 is 244. The van der Waals surface area contributed by atoms with Gasteiger partial charge in [0.25, 0.3) is 0 Å². The molecule has 0 bridgehead atoms. The van der Waals surface area contributed by atoms with Gasteiger partial charge in [-0.1, -0.05) is 32.9 Å². The van der Waals surface area contributed by atoms with Crippen LogP contribution < -0.4 is 0 Å². The molecule has 0 spiro atoms. The molecule has 3 nitrogen and oxygen atoms in total. The normalized spacial score (nSPS) is 17.4. The van der Waals surface area contributed by atoms with Crippen LogP contribution in [0.5, 0.6) is 0 Å². The molecule has 1 aromatic rings. The van der Waals surface area contributed by atoms with E-state index in [-0.39, 0.29) is 5.41 Å². The van der Waals surface area contributed by atoms with Gasteiger partial charge >= 0.3 is 47.0 Å². The summed E-state index contributed by atoms with van der Waals surface area (Å²) in [5, 5.41) is -7.95. The van der Waals surface area contributed by atoms with E-state index in [9.17, 15) is 87.6 Å². The lowest BCUT2D eigenvalue weighted by atomic mass is 9.87. The van der Waals surface area contributed by atoms with E-state index in [2.05, 4.69) is 45.0 Å². The molecule has 1 aliphatic heterocycles. The first-order valence-corrected chi connectivity index (χ1v) is 14.5. The van der Waals surface area contributed by atoms with Crippen molar-refractivity contribution in [3.8, 4) is 0 Å². The van der Waals surface area contributed by atoms with Crippen LogP contribution in [0.15, 0.2) is 29.2 Å². The van der Waals surface area contributed by atoms with Crippen molar-refractivity contribution in [1.82, 2.24) is 0 Å². The zero-order valence-corrected chi connectivity index (χ0v) is 23.7. The van der Waals surface area contributed by atoms with E-state index in [1.165, 1.54) is 29.9 Å². The fourth-order valence-corrected chi connectivity index (χ4v) is 6.09. The first kappa shape index (κ1) is 40.3. The third kappa shape index (κ3) is 6.57. The SMILES string of the molecule is CC(C)(C)c1ccc([S+]2CCCC2)cc1.O=S(=O)([O-])C(F)(F)C(F)(F)C(F)(F)C(F)(F)C(F)(F)C(F)(F)C(F)(F)C(F)(F)F. The molecule has 0 aromatic heterocycles. The summed E-state index contributed by atoms with van der Waals surface area (Å²) in [6.07, 6.45) is -5.02. The minimum Gasteiger partial charge on any atom is -0.743 e. The first-order chi connectivity index (χ1) is 19.1. The van der Waals surface area contributed by atoms with Gasteiger partial charge in [0.2, 0.25) is 0 Å². The fraction of sp³-hybridized carbons (Fsp3) is 0.727. The highest BCUT2D eigenvalue weighted by molar-refractivity contribution is 7.97. The van der Waals surface area contributed by atoms with Crippen molar-refractivity contribution in [1.29, 1.82) is 0 Å². The minimum absolute atomic E-state index is 0.289. The highest BCUT2D eigenvalue weighted by Crippen LogP contribution is 2.64. The molecule has 0 saturated carbocycles. The quantitative estimate of drug-likeness (QED) is 0.155. The summed E-state index contributed by atoms with van der Waals surface area (Å²) in [4.78, 5) is 1.58. The average Bonchev–Trinajstić information content (AvgIpc) is 3.37. The molecule has 0 radical (unpaired) electrons. The molecule has 1 aromatic carbocycles. The Morgan fingerprint density at radius 3 is 1.18 bits per heavy atom. The topological polar surface area (TPSA) is 57.2 Å². The summed E-state index contributed by atoms with van der Waals surface area (Å²) >= 11 is 0. The highest BCUT2D eigenvalue weighted by atomic mass is 32.2. The largest absolute Gasteiger partial charge is 0.743 e. The van der Waals surface area contributed by atoms with Gasteiger partial charge in [-0.15, -0.1) is 0 Å². The maximum atomic E-state index is 13.0. The predicted molar refractivity (Wildman–Crippen MR) is 120 cm³/mol. The van der Waals surface area contributed by atoms with Crippen molar-refractivity contribution >= 4 is 21.0 Å². The minimum atomic E-state index is -8.92. The van der Waals surface area contributed by atoms with Crippen molar-refractivity contribution in [3.05, 3.63) is 29.8 Å². The van der Waals surface area contributed by atoms with Gasteiger partial charge in [-0.3, -0.25) is 0 Å². The number of rotatable bonds is 8. The number of hydrogen-bond donors (Lipinski definition) is 0. The molecule has 1 fully saturated rings. The summed E-state index contributed by atoms with van der Waals surface area (Å²) in [6.45, 7) is 6.83. The fourth-order valence-electron chi connectivity index (χ4n) is 3.34. The molecule has 0 N–H and O–H groups in total. The molecule has 1 aliphatic rings. The van der Waals surface area contributed by atoms with Gasteiger partial charge < -0.3 is 4.55 Å². The number of benzene rings is 1. The molecule has 0 amide bonds. The van der Waals surface area contributed by atoms with E-state index < -0.39 is 57.1 Å². The van der Waals surface area contributed by atoms with Crippen molar-refractivity contribution < 1.29 is 87.6 Å². The third-order valence-corrected chi connectivity index (χ3v) is 9.48. The van der Waals surface area contributed by atoms with Crippen LogP contribution in [0.4, 0.5) is 74.6 Å². The summed E-state index contributed by atoms with van der Waals surface area (Å²) in [7, 11) is -7.57. The van der Waals surface area contributed by atoms with Crippen LogP contribution >= 0.6 is 0 Å². The first-order valence-electron chi connectivity index (χ1n) is 11.5. The maximum Gasteiger partial charge on any atom is 0.460 e. The van der Waals surface area contributed by atoms with Crippen molar-refractivity contribution in [2.45, 2.75) is 90.9 Å². The maximum absolute atomic E-state index is 13.0. The number of hydrogen-bond acceptors (Lipinski definition) is 3. The molecule has 1 saturated heterocycles. The molecular weight excluding hydrogens is 699 g/mol. The van der Waals surface area contributed by atoms with Crippen LogP contribution in [-0.2, 0) is 26.4 Å². The zero-order valence-electron chi connectivity index (χ0n) is 22.1. The zero-order chi connectivity index (χ0) is 35.4. The Morgan fingerprint density at radius 2 is 0.886 bits per heavy atom. The van der Waals surface area contributed by atoms with E-state index in [4.69, 9.17) is 0 Å². The van der Waals surface area contributed by atoms with E-state index in [0.717, 1.165) is 0 Å². The van der Waals surface area contributed by atoms with Gasteiger partial charge in [-0.2, -0.15) is 74.6 Å². The van der Waals surface area contributed by atoms with E-state index >= 15 is 0 Å². The van der Waals surface area contributed by atoms with E-state index in [0.29, 0.717) is 10.9 Å². The van der Waals surface area contributed by atoms with Gasteiger partial charge in [0.05, 0.1) is 0 Å². The van der Waals surface area contributed by atoms with Crippen LogP contribution in [-0.4, -0.2) is 71.4 Å². The summed E-state index contributed by atoms with van der Waals surface area (Å²) in [5.41, 5.74) is 1.74. The van der Waals surface area contributed by atoms with Gasteiger partial charge in [0.1, 0.15) is 11.5 Å². The third-order valence-electron chi connectivity index (χ3n) is 6.09. The molecule has 0 unspecified atom stereocenters. The van der Waals surface area contributed by atoms with Crippen LogP contribution in [0.2, 0.25) is 0 Å². The van der Waals surface area contributed by atoms with Crippen molar-refractivity contribution in [2.24, 2.45) is 0 Å². The van der Waals surface area contributed by atoms with Gasteiger partial charge in [0.15, 0.2) is 15.0 Å². The van der Waals surface area contributed by atoms with Crippen LogP contribution in [0.1, 0.15) is 39.2 Å². The Morgan fingerprint density at radius 1 is 0.568 bits per heavy atom. The van der Waals surface area contributed by atoms with Gasteiger partial charge in [-0.25, -0.2) is 8.42 Å². The Hall–Kier alpha value is -1.71. The van der Waals surface area contributed by atoms with Gasteiger partial charge in [0, 0.05) is 10.9 Å². The molecule has 2 rings (SSSR count). The van der Waals surface area contributed by atoms with Crippen LogP contribution in [0, 0.1) is 0 Å². The Kier molecular flexibility index (Phi) is 10.8. The lowest BCUT2D eigenvalue weighted by Gasteiger charge is -2.42. The Bertz CT molecular complexity index is 1250. The molecule has 1 heterocycles. The highest BCUT2D eigenvalue weighted by Gasteiger charge is 2.95. The van der Waals surface area contributed by atoms with Crippen LogP contribution in [0.25, 0.3) is 0 Å². The average molecular weight is 721 g/mol. The van der Waals surface area contributed by atoms with Gasteiger partial charge in [-0.05, 0) is 36.0 Å². The Labute approximate surface area is 241 Å². The molecular formula is C22H21F17O3S2. The molecule has 44 heavy (non-hydrogen) atoms. The molecule has 22 heteroatoms. The number of alkyl halides is 17. The molecule has 258 valence electrons. The summed E-state index contributed by atoms with van der Waals surface area (Å²) in [5.74, 6) is -49.3. The molecule has 0 atom stereocenters. The van der Waals surface area contributed by atoms with Crippen molar-refractivity contribution in [3.63, 3.8) is 0 Å². The molecule has 0 aliphatic carbocycles. The van der Waals surface area contributed by atoms with Crippen LogP contribution in [0.3, 0.4) is 0 Å². The second-order valence-corrected chi connectivity index (χ2v) is 14.0. The second kappa shape index (κ2) is 11.8. The Balaban J connectivity index is 0.000000532. The van der Waals surface area contributed by atoms with E-state index in [1.54, 1.807) is 4.90 Å².